The Morgan fingerprint density at radius 3 is 3.15 bits per heavy atom. The quantitative estimate of drug-likeness (QED) is 0.637. The molecule has 5 heteroatoms. The summed E-state index contributed by atoms with van der Waals surface area (Å²) in [4.78, 5) is 0. The van der Waals surface area contributed by atoms with Crippen molar-refractivity contribution in [3.63, 3.8) is 0 Å². The van der Waals surface area contributed by atoms with Crippen LogP contribution in [-0.4, -0.2) is 23.3 Å². The molecule has 1 heterocycles. The van der Waals surface area contributed by atoms with Crippen LogP contribution in [0.15, 0.2) is 12.3 Å². The highest BCUT2D eigenvalue weighted by Crippen LogP contribution is 2.02. The fraction of sp³-hybridized carbons (Fsp3) is 0.375. The van der Waals surface area contributed by atoms with E-state index in [-0.39, 0.29) is 0 Å². The van der Waals surface area contributed by atoms with Crippen molar-refractivity contribution in [2.24, 2.45) is 5.73 Å². The second-order valence-electron chi connectivity index (χ2n) is 2.51. The molecule has 0 aliphatic carbocycles. The van der Waals surface area contributed by atoms with Crippen LogP contribution in [0.4, 0.5) is 5.82 Å². The van der Waals surface area contributed by atoms with E-state index in [0.717, 1.165) is 13.0 Å². The van der Waals surface area contributed by atoms with E-state index < -0.39 is 0 Å². The van der Waals surface area contributed by atoms with Gasteiger partial charge in [0.1, 0.15) is 11.9 Å². The van der Waals surface area contributed by atoms with Gasteiger partial charge in [-0.2, -0.15) is 10.4 Å². The van der Waals surface area contributed by atoms with Gasteiger partial charge in [-0.25, -0.2) is 0 Å². The summed E-state index contributed by atoms with van der Waals surface area (Å²) in [5.41, 5.74) is 5.83. The van der Waals surface area contributed by atoms with Crippen LogP contribution in [0.1, 0.15) is 12.0 Å². The molecule has 0 aliphatic rings. The minimum atomic E-state index is 0.505. The van der Waals surface area contributed by atoms with Gasteiger partial charge in [0.2, 0.25) is 0 Å². The van der Waals surface area contributed by atoms with Gasteiger partial charge in [0.05, 0.1) is 11.8 Å². The Kier molecular flexibility index (Phi) is 3.67. The van der Waals surface area contributed by atoms with Gasteiger partial charge in [0.15, 0.2) is 0 Å². The standard InChI is InChI=1S/C8H11N5/c9-2-1-3-11-8-4-7(5-10)6-12-13-8/h4,6H,1-3,9H2,(H,11,13). The largest absolute Gasteiger partial charge is 0.368 e. The van der Waals surface area contributed by atoms with Crippen LogP contribution in [-0.2, 0) is 0 Å². The lowest BCUT2D eigenvalue weighted by Gasteiger charge is -2.02. The zero-order valence-electron chi connectivity index (χ0n) is 7.20. The molecular formula is C8H11N5. The summed E-state index contributed by atoms with van der Waals surface area (Å²) in [7, 11) is 0. The molecule has 0 aliphatic heterocycles. The Hall–Kier alpha value is -1.67. The molecule has 0 spiro atoms. The van der Waals surface area contributed by atoms with E-state index in [0.29, 0.717) is 17.9 Å². The van der Waals surface area contributed by atoms with Crippen LogP contribution in [0.5, 0.6) is 0 Å². The monoisotopic (exact) mass is 177 g/mol. The number of hydrogen-bond donors (Lipinski definition) is 2. The Bertz CT molecular complexity index is 304. The number of nitrogens with zero attached hydrogens (tertiary/aromatic N) is 3. The van der Waals surface area contributed by atoms with Gasteiger partial charge in [-0.3, -0.25) is 0 Å². The van der Waals surface area contributed by atoms with Gasteiger partial charge >= 0.3 is 0 Å². The first-order chi connectivity index (χ1) is 6.36. The smallest absolute Gasteiger partial charge is 0.149 e. The van der Waals surface area contributed by atoms with Gasteiger partial charge in [-0.15, -0.1) is 5.10 Å². The molecule has 1 aromatic rings. The van der Waals surface area contributed by atoms with E-state index in [2.05, 4.69) is 15.5 Å². The summed E-state index contributed by atoms with van der Waals surface area (Å²) < 4.78 is 0. The summed E-state index contributed by atoms with van der Waals surface area (Å²) in [6.07, 6.45) is 2.30. The van der Waals surface area contributed by atoms with Crippen LogP contribution in [0.25, 0.3) is 0 Å². The van der Waals surface area contributed by atoms with Crippen molar-refractivity contribution in [3.05, 3.63) is 17.8 Å². The summed E-state index contributed by atoms with van der Waals surface area (Å²) >= 11 is 0. The predicted octanol–water partition coefficient (Wildman–Crippen LogP) is 0.109. The van der Waals surface area contributed by atoms with Crippen molar-refractivity contribution in [1.82, 2.24) is 10.2 Å². The fourth-order valence-electron chi connectivity index (χ4n) is 0.833. The first-order valence-electron chi connectivity index (χ1n) is 4.03. The van der Waals surface area contributed by atoms with Crippen LogP contribution >= 0.6 is 0 Å². The third kappa shape index (κ3) is 3.05. The van der Waals surface area contributed by atoms with E-state index in [1.54, 1.807) is 6.07 Å². The predicted molar refractivity (Wildman–Crippen MR) is 48.9 cm³/mol. The third-order valence-electron chi connectivity index (χ3n) is 1.47. The lowest BCUT2D eigenvalue weighted by molar-refractivity contribution is 0.863. The Labute approximate surface area is 76.6 Å². The number of nitrogens with one attached hydrogen (secondary N) is 1. The molecule has 0 saturated heterocycles. The summed E-state index contributed by atoms with van der Waals surface area (Å²) in [6, 6.07) is 3.65. The van der Waals surface area contributed by atoms with Crippen LogP contribution < -0.4 is 11.1 Å². The van der Waals surface area contributed by atoms with Crippen molar-refractivity contribution in [1.29, 1.82) is 5.26 Å². The van der Waals surface area contributed by atoms with E-state index in [1.807, 2.05) is 6.07 Å². The average Bonchev–Trinajstić information content (AvgIpc) is 2.19. The second kappa shape index (κ2) is 5.06. The summed E-state index contributed by atoms with van der Waals surface area (Å²) in [6.45, 7) is 1.39. The maximum Gasteiger partial charge on any atom is 0.149 e. The van der Waals surface area contributed by atoms with Crippen molar-refractivity contribution >= 4 is 5.82 Å². The molecule has 0 aromatic carbocycles. The number of rotatable bonds is 4. The molecule has 1 rings (SSSR count). The number of nitrogens with two attached hydrogens (primary N) is 1. The number of hydrogen-bond acceptors (Lipinski definition) is 5. The molecule has 0 atom stereocenters. The van der Waals surface area contributed by atoms with Crippen molar-refractivity contribution in [3.8, 4) is 6.07 Å². The second-order valence-corrected chi connectivity index (χ2v) is 2.51. The van der Waals surface area contributed by atoms with Gasteiger partial charge in [-0.05, 0) is 13.0 Å². The molecule has 68 valence electrons. The molecule has 3 N–H and O–H groups in total. The van der Waals surface area contributed by atoms with Crippen LogP contribution in [0.2, 0.25) is 0 Å². The molecular weight excluding hydrogens is 166 g/mol. The van der Waals surface area contributed by atoms with Crippen LogP contribution in [0.3, 0.4) is 0 Å². The van der Waals surface area contributed by atoms with Gasteiger partial charge in [-0.1, -0.05) is 0 Å². The normalized spacial score (nSPS) is 9.23. The molecule has 13 heavy (non-hydrogen) atoms. The first kappa shape index (κ1) is 9.42. The topological polar surface area (TPSA) is 87.6 Å². The van der Waals surface area contributed by atoms with Gasteiger partial charge < -0.3 is 11.1 Å². The average molecular weight is 177 g/mol. The van der Waals surface area contributed by atoms with E-state index >= 15 is 0 Å². The van der Waals surface area contributed by atoms with Crippen molar-refractivity contribution in [2.45, 2.75) is 6.42 Å². The lowest BCUT2D eigenvalue weighted by atomic mass is 10.3. The third-order valence-corrected chi connectivity index (χ3v) is 1.47. The van der Waals surface area contributed by atoms with Gasteiger partial charge in [0, 0.05) is 12.6 Å². The summed E-state index contributed by atoms with van der Waals surface area (Å²) in [5, 5.41) is 19.1. The molecule has 0 radical (unpaired) electrons. The first-order valence-corrected chi connectivity index (χ1v) is 4.03. The highest BCUT2D eigenvalue weighted by Gasteiger charge is 1.95. The SMILES string of the molecule is N#Cc1cnnc(NCCCN)c1. The van der Waals surface area contributed by atoms with Crippen molar-refractivity contribution in [2.75, 3.05) is 18.4 Å². The van der Waals surface area contributed by atoms with E-state index in [4.69, 9.17) is 11.0 Å². The van der Waals surface area contributed by atoms with E-state index in [9.17, 15) is 0 Å². The van der Waals surface area contributed by atoms with Gasteiger partial charge in [0.25, 0.3) is 0 Å². The zero-order valence-corrected chi connectivity index (χ0v) is 7.20. The Morgan fingerprint density at radius 2 is 2.46 bits per heavy atom. The minimum Gasteiger partial charge on any atom is -0.368 e. The lowest BCUT2D eigenvalue weighted by Crippen LogP contribution is -2.09. The highest BCUT2D eigenvalue weighted by atomic mass is 15.2. The Morgan fingerprint density at radius 1 is 1.62 bits per heavy atom. The molecule has 0 fully saturated rings. The molecule has 1 aromatic heterocycles. The number of aromatic nitrogens is 2. The van der Waals surface area contributed by atoms with Crippen molar-refractivity contribution < 1.29 is 0 Å². The molecule has 0 amide bonds. The number of nitriles is 1. The van der Waals surface area contributed by atoms with E-state index in [1.165, 1.54) is 6.20 Å². The minimum absolute atomic E-state index is 0.505. The molecule has 0 saturated carbocycles. The maximum absolute atomic E-state index is 8.57. The molecule has 0 unspecified atom stereocenters. The Balaban J connectivity index is 2.52. The molecule has 5 nitrogen and oxygen atoms in total. The maximum atomic E-state index is 8.57. The number of anilines is 1. The zero-order chi connectivity index (χ0) is 9.52. The van der Waals surface area contributed by atoms with Crippen LogP contribution in [0, 0.1) is 11.3 Å². The fourth-order valence-corrected chi connectivity index (χ4v) is 0.833. The molecule has 0 bridgehead atoms. The highest BCUT2D eigenvalue weighted by molar-refractivity contribution is 5.40. The summed E-state index contributed by atoms with van der Waals surface area (Å²) in [5.74, 6) is 0.618.